The Morgan fingerprint density at radius 3 is 1.00 bits per heavy atom. The highest BCUT2D eigenvalue weighted by atomic mass is 16.0. The summed E-state index contributed by atoms with van der Waals surface area (Å²) >= 11 is 0. The smallest absolute Gasteiger partial charge is 0.103 e. The summed E-state index contributed by atoms with van der Waals surface area (Å²) in [4.78, 5) is 0. The Hall–Kier alpha value is -0.0800. The van der Waals surface area contributed by atoms with Crippen molar-refractivity contribution >= 4 is 0 Å². The van der Waals surface area contributed by atoms with Gasteiger partial charge in [-0.05, 0) is 38.5 Å². The highest BCUT2D eigenvalue weighted by Crippen LogP contribution is 2.49. The molecule has 3 saturated carbocycles. The number of hydrogen-bond donors (Lipinski definition) is 1. The summed E-state index contributed by atoms with van der Waals surface area (Å²) in [5, 5.41) is 0. The topological polar surface area (TPSA) is 57.6 Å². The quantitative estimate of drug-likeness (QED) is 0.823. The summed E-state index contributed by atoms with van der Waals surface area (Å²) in [5.74, 6) is 2.94. The minimum absolute atomic E-state index is 0. The van der Waals surface area contributed by atoms with Crippen LogP contribution in [0.15, 0.2) is 0 Å². The largest absolute Gasteiger partial charge is 0.870 e. The lowest BCUT2D eigenvalue weighted by Gasteiger charge is -2.42. The minimum atomic E-state index is 0. The van der Waals surface area contributed by atoms with Crippen molar-refractivity contribution in [2.75, 3.05) is 0 Å². The Bertz CT molecular complexity index is 207. The number of quaternary nitrogens is 1. The fourth-order valence-corrected chi connectivity index (χ4v) is 5.39. The summed E-state index contributed by atoms with van der Waals surface area (Å²) in [5.41, 5.74) is 5.41. The molecular formula is C16H31NO. The van der Waals surface area contributed by atoms with Gasteiger partial charge in [0.05, 0.1) is 0 Å². The van der Waals surface area contributed by atoms with Crippen LogP contribution in [0.3, 0.4) is 0 Å². The predicted molar refractivity (Wildman–Crippen MR) is 73.4 cm³/mol. The average molecular weight is 253 g/mol. The van der Waals surface area contributed by atoms with Gasteiger partial charge >= 0.3 is 0 Å². The third kappa shape index (κ3) is 2.34. The second-order valence-electron chi connectivity index (χ2n) is 7.06. The van der Waals surface area contributed by atoms with Crippen molar-refractivity contribution in [2.45, 2.75) is 82.6 Å². The second-order valence-corrected chi connectivity index (χ2v) is 7.06. The van der Waals surface area contributed by atoms with Crippen LogP contribution in [0.4, 0.5) is 0 Å². The molecule has 0 aromatic heterocycles. The van der Waals surface area contributed by atoms with E-state index < -0.39 is 0 Å². The number of rotatable bonds is 3. The molecule has 0 unspecified atom stereocenters. The normalized spacial score (nSPS) is 27.8. The van der Waals surface area contributed by atoms with Crippen LogP contribution in [0, 0.1) is 17.8 Å². The van der Waals surface area contributed by atoms with Crippen LogP contribution in [0.25, 0.3) is 0 Å². The third-order valence-corrected chi connectivity index (χ3v) is 6.35. The fraction of sp³-hybridized carbons (Fsp3) is 1.00. The summed E-state index contributed by atoms with van der Waals surface area (Å²) < 4.78 is 0. The van der Waals surface area contributed by atoms with Crippen molar-refractivity contribution in [2.24, 2.45) is 17.8 Å². The standard InChI is InChI=1S/C16H29N.H2O/c17-16(13-7-1-2-8-13,14-9-3-4-10-14)15-11-5-6-12-15;/h13-15H,1-12,17H2;1H2. The molecule has 0 amide bonds. The van der Waals surface area contributed by atoms with Gasteiger partial charge in [-0.25, -0.2) is 0 Å². The molecule has 18 heavy (non-hydrogen) atoms. The molecule has 3 rings (SSSR count). The zero-order valence-corrected chi connectivity index (χ0v) is 11.9. The van der Waals surface area contributed by atoms with Crippen LogP contribution in [-0.4, -0.2) is 11.0 Å². The van der Waals surface area contributed by atoms with Gasteiger partial charge in [-0.1, -0.05) is 38.5 Å². The Kier molecular flexibility index (Phi) is 4.71. The molecule has 0 bridgehead atoms. The van der Waals surface area contributed by atoms with Gasteiger partial charge in [0, 0.05) is 17.8 Å². The molecule has 0 aromatic carbocycles. The summed E-state index contributed by atoms with van der Waals surface area (Å²) in [6, 6.07) is 0. The first-order chi connectivity index (χ1) is 8.32. The maximum atomic E-state index is 4.92. The van der Waals surface area contributed by atoms with Crippen LogP contribution < -0.4 is 5.73 Å². The van der Waals surface area contributed by atoms with Gasteiger partial charge in [0.15, 0.2) is 0 Å². The molecule has 0 radical (unpaired) electrons. The summed E-state index contributed by atoms with van der Waals surface area (Å²) in [6.07, 6.45) is 17.9. The van der Waals surface area contributed by atoms with Gasteiger partial charge in [0.25, 0.3) is 0 Å². The van der Waals surface area contributed by atoms with E-state index in [2.05, 4.69) is 0 Å². The Morgan fingerprint density at radius 2 is 0.778 bits per heavy atom. The van der Waals surface area contributed by atoms with Gasteiger partial charge in [-0.15, -0.1) is 0 Å². The van der Waals surface area contributed by atoms with E-state index in [0.717, 1.165) is 17.8 Å². The minimum Gasteiger partial charge on any atom is -0.870 e. The molecule has 3 aliphatic rings. The van der Waals surface area contributed by atoms with Crippen LogP contribution in [-0.2, 0) is 0 Å². The number of hydrogen-bond acceptors (Lipinski definition) is 1. The van der Waals surface area contributed by atoms with Gasteiger partial charge in [-0.2, -0.15) is 0 Å². The molecule has 0 spiro atoms. The highest BCUT2D eigenvalue weighted by Gasteiger charge is 2.52. The maximum Gasteiger partial charge on any atom is 0.103 e. The van der Waals surface area contributed by atoms with E-state index in [1.165, 1.54) is 77.0 Å². The molecular weight excluding hydrogens is 222 g/mol. The molecule has 2 heteroatoms. The van der Waals surface area contributed by atoms with E-state index in [-0.39, 0.29) is 5.48 Å². The lowest BCUT2D eigenvalue weighted by atomic mass is 9.64. The SMILES string of the molecule is [NH3+]C(C1CCCC1)(C1CCCC1)C1CCCC1.[OH-]. The average Bonchev–Trinajstić information content (AvgIpc) is 3.10. The van der Waals surface area contributed by atoms with Gasteiger partial charge in [0.1, 0.15) is 5.54 Å². The zero-order valence-electron chi connectivity index (χ0n) is 11.9. The fourth-order valence-electron chi connectivity index (χ4n) is 5.39. The first-order valence-electron chi connectivity index (χ1n) is 8.17. The van der Waals surface area contributed by atoms with Gasteiger partial charge < -0.3 is 11.2 Å². The van der Waals surface area contributed by atoms with Crippen molar-refractivity contribution in [1.29, 1.82) is 0 Å². The zero-order chi connectivity index (χ0) is 11.7. The van der Waals surface area contributed by atoms with Crippen LogP contribution in [0.1, 0.15) is 77.0 Å². The Morgan fingerprint density at radius 1 is 0.556 bits per heavy atom. The van der Waals surface area contributed by atoms with E-state index in [0.29, 0.717) is 5.54 Å². The van der Waals surface area contributed by atoms with Gasteiger partial charge in [-0.3, -0.25) is 0 Å². The summed E-state index contributed by atoms with van der Waals surface area (Å²) in [7, 11) is 0. The molecule has 0 aliphatic heterocycles. The Balaban J connectivity index is 0.00000120. The first-order valence-corrected chi connectivity index (χ1v) is 8.17. The molecule has 3 fully saturated rings. The lowest BCUT2D eigenvalue weighted by molar-refractivity contribution is -0.522. The molecule has 0 atom stereocenters. The van der Waals surface area contributed by atoms with E-state index in [1.807, 2.05) is 0 Å². The third-order valence-electron chi connectivity index (χ3n) is 6.35. The molecule has 4 N–H and O–H groups in total. The van der Waals surface area contributed by atoms with E-state index >= 15 is 0 Å². The van der Waals surface area contributed by atoms with E-state index in [9.17, 15) is 0 Å². The first kappa shape index (κ1) is 14.3. The Labute approximate surface area is 112 Å². The van der Waals surface area contributed by atoms with Crippen molar-refractivity contribution in [3.63, 3.8) is 0 Å². The van der Waals surface area contributed by atoms with Crippen molar-refractivity contribution < 1.29 is 11.2 Å². The van der Waals surface area contributed by atoms with Crippen LogP contribution in [0.5, 0.6) is 0 Å². The highest BCUT2D eigenvalue weighted by molar-refractivity contribution is 5.00. The summed E-state index contributed by atoms with van der Waals surface area (Å²) in [6.45, 7) is 0. The van der Waals surface area contributed by atoms with Crippen LogP contribution >= 0.6 is 0 Å². The second kappa shape index (κ2) is 5.92. The van der Waals surface area contributed by atoms with Gasteiger partial charge in [0.2, 0.25) is 0 Å². The van der Waals surface area contributed by atoms with Crippen LogP contribution in [0.2, 0.25) is 0 Å². The molecule has 0 aromatic rings. The molecule has 106 valence electrons. The van der Waals surface area contributed by atoms with Crippen molar-refractivity contribution in [1.82, 2.24) is 0 Å². The van der Waals surface area contributed by atoms with Crippen molar-refractivity contribution in [3.8, 4) is 0 Å². The molecule has 0 heterocycles. The maximum absolute atomic E-state index is 4.92. The molecule has 2 nitrogen and oxygen atoms in total. The predicted octanol–water partition coefficient (Wildman–Crippen LogP) is 3.36. The monoisotopic (exact) mass is 253 g/mol. The molecule has 0 saturated heterocycles. The van der Waals surface area contributed by atoms with Crippen molar-refractivity contribution in [3.05, 3.63) is 0 Å². The van der Waals surface area contributed by atoms with E-state index in [4.69, 9.17) is 5.73 Å². The van der Waals surface area contributed by atoms with E-state index in [1.54, 1.807) is 0 Å². The molecule has 3 aliphatic carbocycles. The lowest BCUT2D eigenvalue weighted by Crippen LogP contribution is -2.81.